The number of anilines is 3. The highest BCUT2D eigenvalue weighted by Gasteiger charge is 2.25. The summed E-state index contributed by atoms with van der Waals surface area (Å²) in [6.07, 6.45) is 4.36. The molecule has 2 heterocycles. The van der Waals surface area contributed by atoms with Crippen molar-refractivity contribution in [2.24, 2.45) is 0 Å². The molecule has 1 aliphatic heterocycles. The lowest BCUT2D eigenvalue weighted by Crippen LogP contribution is -2.43. The zero-order valence-electron chi connectivity index (χ0n) is 19.9. The van der Waals surface area contributed by atoms with E-state index < -0.39 is 21.7 Å². The third-order valence-electron chi connectivity index (χ3n) is 5.48. The summed E-state index contributed by atoms with van der Waals surface area (Å²) >= 11 is 0. The molecular formula is C24H31N5O4S. The Bertz CT molecular complexity index is 1270. The number of hydrogen-bond acceptors (Lipinski definition) is 7. The minimum atomic E-state index is -3.34. The number of carbonyl (C=O) groups is 1. The maximum Gasteiger partial charge on any atom is 0.435 e. The second-order valence-corrected chi connectivity index (χ2v) is 11.3. The number of aromatic nitrogens is 2. The molecule has 9 nitrogen and oxygen atoms in total. The van der Waals surface area contributed by atoms with Crippen molar-refractivity contribution in [3.05, 3.63) is 48.7 Å². The van der Waals surface area contributed by atoms with Crippen molar-refractivity contribution in [3.8, 4) is 0 Å². The summed E-state index contributed by atoms with van der Waals surface area (Å²) in [5.74, 6) is 0. The highest BCUT2D eigenvalue weighted by atomic mass is 32.2. The van der Waals surface area contributed by atoms with Crippen LogP contribution in [0.2, 0.25) is 0 Å². The summed E-state index contributed by atoms with van der Waals surface area (Å²) in [4.78, 5) is 14.8. The number of sulfonamides is 1. The first-order valence-corrected chi connectivity index (χ1v) is 13.2. The zero-order chi connectivity index (χ0) is 24.5. The van der Waals surface area contributed by atoms with Gasteiger partial charge in [-0.15, -0.1) is 0 Å². The van der Waals surface area contributed by atoms with E-state index in [0.29, 0.717) is 11.2 Å². The molecular weight excluding hydrogens is 454 g/mol. The standard InChI is InChI=1S/C24H31N5O4S/c1-24(2,3)33-23(30)29-22-12-11-20(14-17(22)15-26-29)28(21-6-5-13-25-16-21)19-9-7-18(8-10-19)27-34(4,31)32/h7-12,14-15,21,25,27H,5-6,13,16H2,1-4H3. The second kappa shape index (κ2) is 9.27. The van der Waals surface area contributed by atoms with Gasteiger partial charge in [0, 0.05) is 35.0 Å². The van der Waals surface area contributed by atoms with Crippen LogP contribution in [0.1, 0.15) is 33.6 Å². The van der Waals surface area contributed by atoms with Crippen molar-refractivity contribution in [2.45, 2.75) is 45.3 Å². The largest absolute Gasteiger partial charge is 0.442 e. The lowest BCUT2D eigenvalue weighted by molar-refractivity contribution is 0.0522. The Morgan fingerprint density at radius 2 is 1.88 bits per heavy atom. The van der Waals surface area contributed by atoms with Crippen LogP contribution in [-0.2, 0) is 14.8 Å². The fourth-order valence-corrected chi connectivity index (χ4v) is 4.71. The summed E-state index contributed by atoms with van der Waals surface area (Å²) < 4.78 is 32.4. The van der Waals surface area contributed by atoms with Crippen molar-refractivity contribution >= 4 is 44.1 Å². The first-order chi connectivity index (χ1) is 16.0. The van der Waals surface area contributed by atoms with Crippen molar-refractivity contribution < 1.29 is 17.9 Å². The van der Waals surface area contributed by atoms with Gasteiger partial charge in [0.05, 0.1) is 18.0 Å². The highest BCUT2D eigenvalue weighted by molar-refractivity contribution is 7.92. The van der Waals surface area contributed by atoms with Crippen LogP contribution in [0.25, 0.3) is 10.9 Å². The fraction of sp³-hybridized carbons (Fsp3) is 0.417. The smallest absolute Gasteiger partial charge is 0.435 e. The van der Waals surface area contributed by atoms with E-state index in [2.05, 4.69) is 20.0 Å². The summed E-state index contributed by atoms with van der Waals surface area (Å²) in [7, 11) is -3.34. The van der Waals surface area contributed by atoms with Crippen LogP contribution >= 0.6 is 0 Å². The molecule has 1 aromatic heterocycles. The molecule has 0 aliphatic carbocycles. The molecule has 2 N–H and O–H groups in total. The molecule has 1 aliphatic rings. The average Bonchev–Trinajstić information content (AvgIpc) is 3.17. The summed E-state index contributed by atoms with van der Waals surface area (Å²) in [5, 5.41) is 8.55. The number of nitrogens with zero attached hydrogens (tertiary/aromatic N) is 3. The van der Waals surface area contributed by atoms with Crippen LogP contribution in [0.4, 0.5) is 21.9 Å². The number of carbonyl (C=O) groups excluding carboxylic acids is 1. The molecule has 34 heavy (non-hydrogen) atoms. The minimum Gasteiger partial charge on any atom is -0.442 e. The summed E-state index contributed by atoms with van der Waals surface area (Å²) in [5.41, 5.74) is 2.49. The number of hydrogen-bond donors (Lipinski definition) is 2. The van der Waals surface area contributed by atoms with Crippen LogP contribution in [0.5, 0.6) is 0 Å². The Kier molecular flexibility index (Phi) is 6.55. The van der Waals surface area contributed by atoms with Crippen LogP contribution in [0, 0.1) is 0 Å². The van der Waals surface area contributed by atoms with Gasteiger partial charge in [-0.1, -0.05) is 0 Å². The van der Waals surface area contributed by atoms with Gasteiger partial charge < -0.3 is 15.0 Å². The molecule has 1 atom stereocenters. The summed E-state index contributed by atoms with van der Waals surface area (Å²) in [6.45, 7) is 7.28. The third-order valence-corrected chi connectivity index (χ3v) is 6.09. The predicted octanol–water partition coefficient (Wildman–Crippen LogP) is 4.08. The Morgan fingerprint density at radius 3 is 2.50 bits per heavy atom. The number of nitrogens with one attached hydrogen (secondary N) is 2. The number of ether oxygens (including phenoxy) is 1. The lowest BCUT2D eigenvalue weighted by Gasteiger charge is -2.36. The topological polar surface area (TPSA) is 106 Å². The molecule has 1 saturated heterocycles. The van der Waals surface area contributed by atoms with Crippen molar-refractivity contribution in [2.75, 3.05) is 29.0 Å². The van der Waals surface area contributed by atoms with Crippen LogP contribution in [0.15, 0.2) is 48.7 Å². The van der Waals surface area contributed by atoms with Gasteiger partial charge in [0.15, 0.2) is 0 Å². The molecule has 10 heteroatoms. The quantitative estimate of drug-likeness (QED) is 0.561. The second-order valence-electron chi connectivity index (χ2n) is 9.57. The van der Waals surface area contributed by atoms with Gasteiger partial charge >= 0.3 is 6.09 Å². The molecule has 0 saturated carbocycles. The minimum absolute atomic E-state index is 0.223. The van der Waals surface area contributed by atoms with Gasteiger partial charge in [-0.2, -0.15) is 9.78 Å². The Balaban J connectivity index is 1.69. The maximum absolute atomic E-state index is 12.6. The summed E-state index contributed by atoms with van der Waals surface area (Å²) in [6, 6.07) is 13.4. The number of piperidine rings is 1. The van der Waals surface area contributed by atoms with E-state index in [1.807, 2.05) is 51.1 Å². The van der Waals surface area contributed by atoms with Crippen LogP contribution < -0.4 is 14.9 Å². The first-order valence-electron chi connectivity index (χ1n) is 11.3. The molecule has 0 spiro atoms. The Morgan fingerprint density at radius 1 is 1.18 bits per heavy atom. The number of benzene rings is 2. The number of fused-ring (bicyclic) bond motifs is 1. The Hall–Kier alpha value is -3.11. The molecule has 0 amide bonds. The molecule has 0 bridgehead atoms. The van der Waals surface area contributed by atoms with Crippen molar-refractivity contribution in [1.29, 1.82) is 0 Å². The average molecular weight is 486 g/mol. The first kappa shape index (κ1) is 24.0. The van der Waals surface area contributed by atoms with Gasteiger partial charge in [-0.05, 0) is 82.6 Å². The zero-order valence-corrected chi connectivity index (χ0v) is 20.7. The molecule has 0 radical (unpaired) electrons. The monoisotopic (exact) mass is 485 g/mol. The van der Waals surface area contributed by atoms with Gasteiger partial charge in [0.1, 0.15) is 5.60 Å². The van der Waals surface area contributed by atoms with Gasteiger partial charge in [-0.3, -0.25) is 4.72 Å². The normalized spacial score (nSPS) is 16.9. The maximum atomic E-state index is 12.6. The molecule has 182 valence electrons. The van der Waals surface area contributed by atoms with E-state index in [1.54, 1.807) is 18.3 Å². The SMILES string of the molecule is CC(C)(C)OC(=O)n1ncc2cc(N(c3ccc(NS(C)(=O)=O)cc3)C3CCCNC3)ccc21. The lowest BCUT2D eigenvalue weighted by atomic mass is 10.0. The Labute approximate surface area is 200 Å². The van der Waals surface area contributed by atoms with Gasteiger partial charge in [-0.25, -0.2) is 13.2 Å². The van der Waals surface area contributed by atoms with Crippen molar-refractivity contribution in [3.63, 3.8) is 0 Å². The fourth-order valence-electron chi connectivity index (χ4n) is 4.15. The van der Waals surface area contributed by atoms with E-state index >= 15 is 0 Å². The van der Waals surface area contributed by atoms with Crippen molar-refractivity contribution in [1.82, 2.24) is 15.1 Å². The van der Waals surface area contributed by atoms with E-state index in [-0.39, 0.29) is 6.04 Å². The van der Waals surface area contributed by atoms with Crippen LogP contribution in [-0.4, -0.2) is 55.3 Å². The molecule has 1 unspecified atom stereocenters. The predicted molar refractivity (Wildman–Crippen MR) is 134 cm³/mol. The molecule has 1 fully saturated rings. The highest BCUT2D eigenvalue weighted by Crippen LogP contribution is 2.33. The molecule has 3 aromatic rings. The molecule has 2 aromatic carbocycles. The van der Waals surface area contributed by atoms with E-state index in [9.17, 15) is 13.2 Å². The molecule has 4 rings (SSSR count). The van der Waals surface area contributed by atoms with E-state index in [1.165, 1.54) is 4.68 Å². The van der Waals surface area contributed by atoms with E-state index in [4.69, 9.17) is 4.74 Å². The van der Waals surface area contributed by atoms with Crippen LogP contribution in [0.3, 0.4) is 0 Å². The van der Waals surface area contributed by atoms with Gasteiger partial charge in [0.25, 0.3) is 0 Å². The van der Waals surface area contributed by atoms with E-state index in [0.717, 1.165) is 48.9 Å². The third kappa shape index (κ3) is 5.68. The van der Waals surface area contributed by atoms with Gasteiger partial charge in [0.2, 0.25) is 10.0 Å². The number of rotatable bonds is 5.